The van der Waals surface area contributed by atoms with Gasteiger partial charge in [-0.2, -0.15) is 13.2 Å². The van der Waals surface area contributed by atoms with Gasteiger partial charge in [-0.25, -0.2) is 23.7 Å². The van der Waals surface area contributed by atoms with Crippen molar-refractivity contribution in [2.75, 3.05) is 5.32 Å². The summed E-state index contributed by atoms with van der Waals surface area (Å²) in [4.78, 5) is 11.8. The van der Waals surface area contributed by atoms with Crippen LogP contribution in [-0.4, -0.2) is 15.0 Å². The van der Waals surface area contributed by atoms with E-state index in [0.717, 1.165) is 6.07 Å². The molecule has 4 nitrogen and oxygen atoms in total. The van der Waals surface area contributed by atoms with Crippen molar-refractivity contribution in [3.63, 3.8) is 0 Å². The predicted octanol–water partition coefficient (Wildman–Crippen LogP) is 5.48. The van der Waals surface area contributed by atoms with E-state index in [4.69, 9.17) is 11.6 Å². The number of benzene rings is 1. The molecule has 3 rings (SSSR count). The number of hydrogen-bond donors (Lipinski definition) is 1. The van der Waals surface area contributed by atoms with Crippen molar-refractivity contribution in [3.8, 4) is 0 Å². The minimum absolute atomic E-state index is 0.112. The lowest BCUT2D eigenvalue weighted by atomic mass is 10.0. The molecule has 0 radical (unpaired) electrons. The first-order chi connectivity index (χ1) is 12.7. The molecular formula is C17H12ClF5N4. The fourth-order valence-corrected chi connectivity index (χ4v) is 2.77. The molecule has 0 bridgehead atoms. The van der Waals surface area contributed by atoms with Crippen LogP contribution in [0.25, 0.3) is 10.9 Å². The normalized spacial score (nSPS) is 13.0. The van der Waals surface area contributed by atoms with Gasteiger partial charge in [0.2, 0.25) is 0 Å². The minimum Gasteiger partial charge on any atom is -0.363 e. The molecule has 0 spiro atoms. The van der Waals surface area contributed by atoms with E-state index in [1.54, 1.807) is 0 Å². The van der Waals surface area contributed by atoms with Crippen molar-refractivity contribution in [1.29, 1.82) is 0 Å². The Morgan fingerprint density at radius 2 is 1.96 bits per heavy atom. The molecule has 0 saturated heterocycles. The number of alkyl halides is 4. The zero-order valence-electron chi connectivity index (χ0n) is 13.8. The lowest BCUT2D eigenvalue weighted by Crippen LogP contribution is -2.15. The average molecular weight is 403 g/mol. The Balaban J connectivity index is 2.04. The topological polar surface area (TPSA) is 50.7 Å². The van der Waals surface area contributed by atoms with Gasteiger partial charge in [-0.05, 0) is 19.1 Å². The van der Waals surface area contributed by atoms with Crippen LogP contribution < -0.4 is 5.32 Å². The van der Waals surface area contributed by atoms with Crippen molar-refractivity contribution >= 4 is 28.3 Å². The highest BCUT2D eigenvalue weighted by Crippen LogP contribution is 2.35. The quantitative estimate of drug-likeness (QED) is 0.464. The molecule has 3 aromatic rings. The zero-order valence-corrected chi connectivity index (χ0v) is 14.5. The highest BCUT2D eigenvalue weighted by Gasteiger charge is 2.35. The highest BCUT2D eigenvalue weighted by atomic mass is 35.5. The Morgan fingerprint density at radius 1 is 1.22 bits per heavy atom. The van der Waals surface area contributed by atoms with E-state index in [1.165, 1.54) is 25.3 Å². The third-order valence-electron chi connectivity index (χ3n) is 3.87. The fourth-order valence-electron chi connectivity index (χ4n) is 2.61. The Labute approximate surface area is 155 Å². The minimum atomic E-state index is -4.82. The van der Waals surface area contributed by atoms with Crippen molar-refractivity contribution in [2.45, 2.75) is 25.8 Å². The number of aromatic nitrogens is 3. The number of halogens is 6. The molecule has 142 valence electrons. The second-order valence-electron chi connectivity index (χ2n) is 5.72. The van der Waals surface area contributed by atoms with E-state index in [2.05, 4.69) is 20.3 Å². The number of fused-ring (bicyclic) bond motifs is 1. The van der Waals surface area contributed by atoms with E-state index in [1.807, 2.05) is 0 Å². The van der Waals surface area contributed by atoms with Crippen LogP contribution in [0.15, 0.2) is 30.5 Å². The molecule has 0 aliphatic carbocycles. The van der Waals surface area contributed by atoms with Crippen LogP contribution in [0.3, 0.4) is 0 Å². The molecule has 27 heavy (non-hydrogen) atoms. The van der Waals surface area contributed by atoms with E-state index in [0.29, 0.717) is 17.0 Å². The van der Waals surface area contributed by atoms with E-state index >= 15 is 0 Å². The van der Waals surface area contributed by atoms with Gasteiger partial charge in [0.25, 0.3) is 0 Å². The molecule has 1 N–H and O–H groups in total. The van der Waals surface area contributed by atoms with Crippen LogP contribution in [0.5, 0.6) is 0 Å². The van der Waals surface area contributed by atoms with Crippen LogP contribution in [0.2, 0.25) is 5.15 Å². The second-order valence-corrected chi connectivity index (χ2v) is 6.11. The molecule has 0 aliphatic heterocycles. The third-order valence-corrected chi connectivity index (χ3v) is 4.07. The molecule has 10 heteroatoms. The van der Waals surface area contributed by atoms with Gasteiger partial charge in [-0.1, -0.05) is 23.7 Å². The predicted molar refractivity (Wildman–Crippen MR) is 90.6 cm³/mol. The molecule has 2 aromatic heterocycles. The summed E-state index contributed by atoms with van der Waals surface area (Å²) in [5.41, 5.74) is -1.28. The number of pyridine rings is 1. The smallest absolute Gasteiger partial charge is 0.363 e. The summed E-state index contributed by atoms with van der Waals surface area (Å²) in [6.45, 7) is 0.504. The van der Waals surface area contributed by atoms with E-state index in [-0.39, 0.29) is 22.4 Å². The number of anilines is 1. The van der Waals surface area contributed by atoms with Gasteiger partial charge < -0.3 is 5.32 Å². The Bertz CT molecular complexity index is 993. The van der Waals surface area contributed by atoms with Gasteiger partial charge in [-0.3, -0.25) is 0 Å². The molecule has 0 fully saturated rings. The molecule has 1 atom stereocenters. The number of hydrogen-bond acceptors (Lipinski definition) is 4. The molecule has 0 aliphatic rings. The van der Waals surface area contributed by atoms with Crippen LogP contribution in [0.1, 0.15) is 29.9 Å². The summed E-state index contributed by atoms with van der Waals surface area (Å²) in [6.07, 6.45) is -3.50. The standard InChI is InChI=1S/C17H12ClF5N4/c1-8(9-3-2-4-11(15(9)20)17(21,22)23)25-16-10-5-13(18)24-7-12(10)26-14(6-19)27-16/h2-5,7-8H,6H2,1H3,(H,25,26,27)/t8-/m1/s1. The maximum absolute atomic E-state index is 14.4. The molecule has 0 amide bonds. The van der Waals surface area contributed by atoms with Gasteiger partial charge in [0.05, 0.1) is 23.3 Å². The van der Waals surface area contributed by atoms with Crippen LogP contribution in [-0.2, 0) is 12.9 Å². The van der Waals surface area contributed by atoms with Gasteiger partial charge >= 0.3 is 6.18 Å². The summed E-state index contributed by atoms with van der Waals surface area (Å²) >= 11 is 5.86. The summed E-state index contributed by atoms with van der Waals surface area (Å²) in [5.74, 6) is -1.42. The zero-order chi connectivity index (χ0) is 19.8. The van der Waals surface area contributed by atoms with Crippen molar-refractivity contribution in [2.24, 2.45) is 0 Å². The maximum atomic E-state index is 14.4. The third kappa shape index (κ3) is 3.92. The van der Waals surface area contributed by atoms with Gasteiger partial charge in [0.15, 0.2) is 5.82 Å². The molecule has 0 unspecified atom stereocenters. The summed E-state index contributed by atoms with van der Waals surface area (Å²) < 4.78 is 66.2. The largest absolute Gasteiger partial charge is 0.419 e. The highest BCUT2D eigenvalue weighted by molar-refractivity contribution is 6.30. The van der Waals surface area contributed by atoms with Gasteiger partial charge in [0.1, 0.15) is 23.5 Å². The number of rotatable bonds is 4. The van der Waals surface area contributed by atoms with E-state index in [9.17, 15) is 22.0 Å². The number of nitrogens with zero attached hydrogens (tertiary/aromatic N) is 3. The Morgan fingerprint density at radius 3 is 2.63 bits per heavy atom. The lowest BCUT2D eigenvalue weighted by molar-refractivity contribution is -0.140. The number of nitrogens with one attached hydrogen (secondary N) is 1. The first-order valence-corrected chi connectivity index (χ1v) is 8.08. The maximum Gasteiger partial charge on any atom is 0.419 e. The van der Waals surface area contributed by atoms with Gasteiger partial charge in [0, 0.05) is 10.9 Å². The van der Waals surface area contributed by atoms with E-state index < -0.39 is 30.3 Å². The van der Waals surface area contributed by atoms with Crippen LogP contribution >= 0.6 is 11.6 Å². The fraction of sp³-hybridized carbons (Fsp3) is 0.235. The molecular weight excluding hydrogens is 391 g/mol. The van der Waals surface area contributed by atoms with Gasteiger partial charge in [-0.15, -0.1) is 0 Å². The lowest BCUT2D eigenvalue weighted by Gasteiger charge is -2.19. The Hall–Kier alpha value is -2.55. The van der Waals surface area contributed by atoms with Crippen molar-refractivity contribution in [1.82, 2.24) is 15.0 Å². The molecule has 1 aromatic carbocycles. The monoisotopic (exact) mass is 402 g/mol. The summed E-state index contributed by atoms with van der Waals surface area (Å²) in [5, 5.41) is 3.32. The van der Waals surface area contributed by atoms with Crippen molar-refractivity contribution in [3.05, 3.63) is 58.4 Å². The summed E-state index contributed by atoms with van der Waals surface area (Å²) in [6, 6.07) is 3.54. The Kier molecular flexibility index (Phi) is 5.14. The SMILES string of the molecule is C[C@@H](Nc1nc(CF)nc2cnc(Cl)cc12)c1cccc(C(F)(F)F)c1F. The molecule has 0 saturated carbocycles. The first-order valence-electron chi connectivity index (χ1n) is 7.71. The summed E-state index contributed by atoms with van der Waals surface area (Å²) in [7, 11) is 0. The first kappa shape index (κ1) is 19.2. The second kappa shape index (κ2) is 7.22. The van der Waals surface area contributed by atoms with Crippen molar-refractivity contribution < 1.29 is 22.0 Å². The van der Waals surface area contributed by atoms with Crippen LogP contribution in [0.4, 0.5) is 27.8 Å². The van der Waals surface area contributed by atoms with Crippen LogP contribution in [0, 0.1) is 5.82 Å². The molecule has 2 heterocycles. The average Bonchev–Trinajstić information content (AvgIpc) is 2.61.